The molecule has 2 rings (SSSR count). The third kappa shape index (κ3) is 2.48. The van der Waals surface area contributed by atoms with E-state index in [1.807, 2.05) is 0 Å². The number of aliphatic hydroxyl groups is 1. The first kappa shape index (κ1) is 13.3. The van der Waals surface area contributed by atoms with Crippen LogP contribution in [0.1, 0.15) is 10.4 Å². The minimum atomic E-state index is -0.699. The summed E-state index contributed by atoms with van der Waals surface area (Å²) in [5.74, 6) is -0.897. The van der Waals surface area contributed by atoms with Crippen molar-refractivity contribution in [2.45, 2.75) is 12.1 Å². The number of amides is 1. The highest BCUT2D eigenvalue weighted by atomic mass is 35.5. The summed E-state index contributed by atoms with van der Waals surface area (Å²) < 4.78 is 18.1. The Hall–Kier alpha value is -1.17. The lowest BCUT2D eigenvalue weighted by molar-refractivity contribution is 0.0581. The van der Waals surface area contributed by atoms with Gasteiger partial charge in [0.1, 0.15) is 5.82 Å². The van der Waals surface area contributed by atoms with Crippen molar-refractivity contribution in [1.29, 1.82) is 0 Å². The maximum Gasteiger partial charge on any atom is 0.254 e. The molecule has 1 saturated heterocycles. The molecule has 18 heavy (non-hydrogen) atoms. The standard InChI is InChI=1S/C12H13ClFNO3/c1-15(10-5-18-6-11(10)16)12(17)7-2-3-9(14)8(13)4-7/h2-4,10-11,16H,5-6H2,1H3/t10-,11-/m0/s1. The predicted octanol–water partition coefficient (Wildman–Crippen LogP) is 1.31. The Bertz CT molecular complexity index is 469. The fraction of sp³-hybridized carbons (Fsp3) is 0.417. The summed E-state index contributed by atoms with van der Waals surface area (Å²) in [6.45, 7) is 0.505. The number of carbonyl (C=O) groups excluding carboxylic acids is 1. The number of carbonyl (C=O) groups is 1. The summed E-state index contributed by atoms with van der Waals surface area (Å²) in [6.07, 6.45) is -0.699. The number of nitrogens with zero attached hydrogens (tertiary/aromatic N) is 1. The highest BCUT2D eigenvalue weighted by Crippen LogP contribution is 2.19. The average Bonchev–Trinajstić information content (AvgIpc) is 2.77. The Kier molecular flexibility index (Phi) is 3.85. The number of ether oxygens (including phenoxy) is 1. The molecule has 6 heteroatoms. The molecule has 1 aromatic carbocycles. The fourth-order valence-electron chi connectivity index (χ4n) is 1.89. The van der Waals surface area contributed by atoms with Crippen LogP contribution in [0.3, 0.4) is 0 Å². The number of aliphatic hydroxyl groups excluding tert-OH is 1. The highest BCUT2D eigenvalue weighted by molar-refractivity contribution is 6.31. The van der Waals surface area contributed by atoms with E-state index in [1.54, 1.807) is 7.05 Å². The molecule has 0 radical (unpaired) electrons. The Morgan fingerprint density at radius 2 is 2.28 bits per heavy atom. The average molecular weight is 274 g/mol. The molecular weight excluding hydrogens is 261 g/mol. The summed E-state index contributed by atoms with van der Waals surface area (Å²) >= 11 is 5.63. The van der Waals surface area contributed by atoms with Crippen LogP contribution in [0.2, 0.25) is 5.02 Å². The van der Waals surface area contributed by atoms with Crippen LogP contribution < -0.4 is 0 Å². The number of benzene rings is 1. The van der Waals surface area contributed by atoms with E-state index >= 15 is 0 Å². The largest absolute Gasteiger partial charge is 0.388 e. The summed E-state index contributed by atoms with van der Waals surface area (Å²) in [6, 6.07) is 3.40. The van der Waals surface area contributed by atoms with Gasteiger partial charge in [0.2, 0.25) is 0 Å². The van der Waals surface area contributed by atoms with Crippen molar-refractivity contribution in [2.24, 2.45) is 0 Å². The Labute approximate surface area is 109 Å². The van der Waals surface area contributed by atoms with Crippen LogP contribution in [0.4, 0.5) is 4.39 Å². The molecule has 2 atom stereocenters. The highest BCUT2D eigenvalue weighted by Gasteiger charge is 2.32. The molecule has 0 saturated carbocycles. The molecule has 98 valence electrons. The first-order valence-corrected chi connectivity index (χ1v) is 5.86. The third-order valence-corrected chi connectivity index (χ3v) is 3.30. The van der Waals surface area contributed by atoms with Crippen molar-refractivity contribution in [1.82, 2.24) is 4.90 Å². The molecule has 1 N–H and O–H groups in total. The normalized spacial score (nSPS) is 23.1. The van der Waals surface area contributed by atoms with E-state index in [2.05, 4.69) is 0 Å². The molecule has 0 unspecified atom stereocenters. The molecular formula is C12H13ClFNO3. The van der Waals surface area contributed by atoms with Crippen LogP contribution in [-0.2, 0) is 4.74 Å². The van der Waals surface area contributed by atoms with Crippen LogP contribution in [-0.4, -0.2) is 48.3 Å². The zero-order valence-corrected chi connectivity index (χ0v) is 10.5. The molecule has 1 amide bonds. The predicted molar refractivity (Wildman–Crippen MR) is 64.1 cm³/mol. The lowest BCUT2D eigenvalue weighted by atomic mass is 10.1. The van der Waals surface area contributed by atoms with E-state index in [1.165, 1.54) is 17.0 Å². The van der Waals surface area contributed by atoms with E-state index in [0.29, 0.717) is 6.61 Å². The van der Waals surface area contributed by atoms with Crippen molar-refractivity contribution in [2.75, 3.05) is 20.3 Å². The van der Waals surface area contributed by atoms with Gasteiger partial charge < -0.3 is 14.7 Å². The molecule has 4 nitrogen and oxygen atoms in total. The molecule has 1 aliphatic rings. The molecule has 1 aliphatic heterocycles. The van der Waals surface area contributed by atoms with Gasteiger partial charge in [0, 0.05) is 12.6 Å². The Morgan fingerprint density at radius 3 is 2.83 bits per heavy atom. The van der Waals surface area contributed by atoms with E-state index in [4.69, 9.17) is 16.3 Å². The van der Waals surface area contributed by atoms with Crippen LogP contribution in [0.15, 0.2) is 18.2 Å². The number of hydrogen-bond acceptors (Lipinski definition) is 3. The van der Waals surface area contributed by atoms with Gasteiger partial charge in [0.15, 0.2) is 0 Å². The van der Waals surface area contributed by atoms with Crippen LogP contribution in [0.5, 0.6) is 0 Å². The zero-order valence-electron chi connectivity index (χ0n) is 9.77. The summed E-state index contributed by atoms with van der Waals surface area (Å²) in [5, 5.41) is 9.55. The van der Waals surface area contributed by atoms with E-state index in [9.17, 15) is 14.3 Å². The number of likely N-dealkylation sites (N-methyl/N-ethyl adjacent to an activating group) is 1. The minimum absolute atomic E-state index is 0.0996. The van der Waals surface area contributed by atoms with Crippen molar-refractivity contribution in [3.63, 3.8) is 0 Å². The van der Waals surface area contributed by atoms with Gasteiger partial charge in [-0.25, -0.2) is 4.39 Å². The molecule has 1 heterocycles. The Balaban J connectivity index is 2.17. The maximum absolute atomic E-state index is 13.0. The van der Waals surface area contributed by atoms with Gasteiger partial charge in [-0.15, -0.1) is 0 Å². The van der Waals surface area contributed by atoms with Crippen molar-refractivity contribution in [3.05, 3.63) is 34.6 Å². The lowest BCUT2D eigenvalue weighted by Crippen LogP contribution is -2.44. The van der Waals surface area contributed by atoms with Gasteiger partial charge in [-0.05, 0) is 18.2 Å². The van der Waals surface area contributed by atoms with Gasteiger partial charge in [0.05, 0.1) is 30.4 Å². The van der Waals surface area contributed by atoms with Gasteiger partial charge in [-0.3, -0.25) is 4.79 Å². The van der Waals surface area contributed by atoms with Crippen LogP contribution in [0, 0.1) is 5.82 Å². The number of rotatable bonds is 2. The first-order chi connectivity index (χ1) is 8.50. The molecule has 0 aromatic heterocycles. The van der Waals surface area contributed by atoms with E-state index in [0.717, 1.165) is 6.07 Å². The monoisotopic (exact) mass is 273 g/mol. The second-order valence-electron chi connectivity index (χ2n) is 4.22. The Morgan fingerprint density at radius 1 is 1.56 bits per heavy atom. The number of halogens is 2. The van der Waals surface area contributed by atoms with Gasteiger partial charge in [0.25, 0.3) is 5.91 Å². The second kappa shape index (κ2) is 5.22. The SMILES string of the molecule is CN(C(=O)c1ccc(F)c(Cl)c1)[C@H]1COC[C@@H]1O. The molecule has 1 aromatic rings. The fourth-order valence-corrected chi connectivity index (χ4v) is 2.07. The summed E-state index contributed by atoms with van der Waals surface area (Å²) in [5.41, 5.74) is 0.281. The van der Waals surface area contributed by atoms with Crippen LogP contribution in [0.25, 0.3) is 0 Å². The third-order valence-electron chi connectivity index (χ3n) is 3.01. The summed E-state index contributed by atoms with van der Waals surface area (Å²) in [4.78, 5) is 13.5. The van der Waals surface area contributed by atoms with Crippen molar-refractivity contribution in [3.8, 4) is 0 Å². The second-order valence-corrected chi connectivity index (χ2v) is 4.62. The van der Waals surface area contributed by atoms with Crippen molar-refractivity contribution >= 4 is 17.5 Å². The number of hydrogen-bond donors (Lipinski definition) is 1. The quantitative estimate of drug-likeness (QED) is 0.884. The van der Waals surface area contributed by atoms with E-state index in [-0.39, 0.29) is 29.1 Å². The van der Waals surface area contributed by atoms with Gasteiger partial charge >= 0.3 is 0 Å². The smallest absolute Gasteiger partial charge is 0.254 e. The van der Waals surface area contributed by atoms with Crippen LogP contribution >= 0.6 is 11.6 Å². The van der Waals surface area contributed by atoms with Crippen molar-refractivity contribution < 1.29 is 19.0 Å². The molecule has 0 aliphatic carbocycles. The van der Waals surface area contributed by atoms with E-state index < -0.39 is 11.9 Å². The molecule has 1 fully saturated rings. The summed E-state index contributed by atoms with van der Waals surface area (Å²) in [7, 11) is 1.57. The van der Waals surface area contributed by atoms with Gasteiger partial charge in [-0.1, -0.05) is 11.6 Å². The zero-order chi connectivity index (χ0) is 13.3. The van der Waals surface area contributed by atoms with Gasteiger partial charge in [-0.2, -0.15) is 0 Å². The molecule has 0 spiro atoms. The first-order valence-electron chi connectivity index (χ1n) is 5.48. The molecule has 0 bridgehead atoms. The topological polar surface area (TPSA) is 49.8 Å². The lowest BCUT2D eigenvalue weighted by Gasteiger charge is -2.25. The minimum Gasteiger partial charge on any atom is -0.388 e. The maximum atomic E-state index is 13.0.